The van der Waals surface area contributed by atoms with E-state index in [1.165, 1.54) is 0 Å². The van der Waals surface area contributed by atoms with Gasteiger partial charge in [-0.3, -0.25) is 0 Å². The normalized spacial score (nSPS) is 10.9. The summed E-state index contributed by atoms with van der Waals surface area (Å²) in [5.74, 6) is 0. The first-order valence-electron chi connectivity index (χ1n) is 4.12. The largest absolute Gasteiger partial charge is 0.373 e. The van der Waals surface area contributed by atoms with Gasteiger partial charge in [-0.15, -0.1) is 0 Å². The SMILES string of the molecule is CC=CCOCc1ccc(Cl)nc1. The molecule has 0 aliphatic rings. The lowest BCUT2D eigenvalue weighted by Gasteiger charge is -2.00. The van der Waals surface area contributed by atoms with Crippen molar-refractivity contribution in [2.45, 2.75) is 13.5 Å². The lowest BCUT2D eigenvalue weighted by molar-refractivity contribution is 0.148. The molecule has 0 saturated heterocycles. The molecular weight excluding hydrogens is 186 g/mol. The maximum atomic E-state index is 5.63. The number of pyridine rings is 1. The van der Waals surface area contributed by atoms with E-state index in [0.29, 0.717) is 18.4 Å². The Balaban J connectivity index is 2.33. The maximum Gasteiger partial charge on any atom is 0.129 e. The van der Waals surface area contributed by atoms with Gasteiger partial charge in [-0.25, -0.2) is 4.98 Å². The third kappa shape index (κ3) is 4.06. The molecule has 0 atom stereocenters. The van der Waals surface area contributed by atoms with Gasteiger partial charge in [0.2, 0.25) is 0 Å². The molecule has 1 heterocycles. The van der Waals surface area contributed by atoms with E-state index in [4.69, 9.17) is 16.3 Å². The quantitative estimate of drug-likeness (QED) is 0.421. The second-order valence-electron chi connectivity index (χ2n) is 2.57. The predicted octanol–water partition coefficient (Wildman–Crippen LogP) is 2.83. The van der Waals surface area contributed by atoms with E-state index < -0.39 is 0 Å². The van der Waals surface area contributed by atoms with Crippen molar-refractivity contribution < 1.29 is 4.74 Å². The Hall–Kier alpha value is -0.860. The zero-order chi connectivity index (χ0) is 9.52. The fourth-order valence-electron chi connectivity index (χ4n) is 0.833. The van der Waals surface area contributed by atoms with E-state index in [9.17, 15) is 0 Å². The minimum Gasteiger partial charge on any atom is -0.373 e. The van der Waals surface area contributed by atoms with Crippen LogP contribution in [-0.4, -0.2) is 11.6 Å². The van der Waals surface area contributed by atoms with Gasteiger partial charge in [0.25, 0.3) is 0 Å². The summed E-state index contributed by atoms with van der Waals surface area (Å²) in [6, 6.07) is 3.67. The summed E-state index contributed by atoms with van der Waals surface area (Å²) in [6.45, 7) is 3.18. The molecule has 1 rings (SSSR count). The highest BCUT2D eigenvalue weighted by Crippen LogP contribution is 2.05. The van der Waals surface area contributed by atoms with Crippen LogP contribution in [-0.2, 0) is 11.3 Å². The van der Waals surface area contributed by atoms with Gasteiger partial charge in [-0.1, -0.05) is 29.8 Å². The van der Waals surface area contributed by atoms with E-state index in [1.54, 1.807) is 12.3 Å². The fraction of sp³-hybridized carbons (Fsp3) is 0.300. The first kappa shape index (κ1) is 10.2. The number of hydrogen-bond acceptors (Lipinski definition) is 2. The number of hydrogen-bond donors (Lipinski definition) is 0. The first-order chi connectivity index (χ1) is 6.33. The number of aromatic nitrogens is 1. The number of halogens is 1. The van der Waals surface area contributed by atoms with E-state index in [-0.39, 0.29) is 0 Å². The van der Waals surface area contributed by atoms with E-state index in [1.807, 2.05) is 25.1 Å². The van der Waals surface area contributed by atoms with Crippen molar-refractivity contribution in [2.24, 2.45) is 0 Å². The van der Waals surface area contributed by atoms with E-state index >= 15 is 0 Å². The van der Waals surface area contributed by atoms with Gasteiger partial charge in [-0.2, -0.15) is 0 Å². The lowest BCUT2D eigenvalue weighted by Crippen LogP contribution is -1.93. The minimum absolute atomic E-state index is 0.511. The van der Waals surface area contributed by atoms with Crippen LogP contribution in [0.5, 0.6) is 0 Å². The lowest BCUT2D eigenvalue weighted by atomic mass is 10.3. The van der Waals surface area contributed by atoms with Crippen LogP contribution in [0.4, 0.5) is 0 Å². The van der Waals surface area contributed by atoms with Crippen LogP contribution in [0.15, 0.2) is 30.5 Å². The summed E-state index contributed by atoms with van der Waals surface area (Å²) in [7, 11) is 0. The molecule has 70 valence electrons. The van der Waals surface area contributed by atoms with Crippen LogP contribution >= 0.6 is 11.6 Å². The molecule has 3 heteroatoms. The smallest absolute Gasteiger partial charge is 0.129 e. The average Bonchev–Trinajstić information content (AvgIpc) is 2.15. The molecule has 0 bridgehead atoms. The van der Waals surface area contributed by atoms with Crippen LogP contribution in [0, 0.1) is 0 Å². The number of allylic oxidation sites excluding steroid dienone is 1. The molecule has 0 aliphatic carbocycles. The summed E-state index contributed by atoms with van der Waals surface area (Å²) in [5, 5.41) is 0.511. The molecule has 13 heavy (non-hydrogen) atoms. The van der Waals surface area contributed by atoms with Crippen LogP contribution in [0.3, 0.4) is 0 Å². The van der Waals surface area contributed by atoms with Crippen LogP contribution in [0.25, 0.3) is 0 Å². The molecule has 0 fully saturated rings. The number of rotatable bonds is 4. The molecule has 0 aliphatic heterocycles. The summed E-state index contributed by atoms with van der Waals surface area (Å²) >= 11 is 5.63. The Bertz CT molecular complexity index is 269. The van der Waals surface area contributed by atoms with Crippen LogP contribution in [0.2, 0.25) is 5.15 Å². The summed E-state index contributed by atoms with van der Waals surface area (Å²) in [5.41, 5.74) is 1.04. The zero-order valence-corrected chi connectivity index (χ0v) is 8.29. The Kier molecular flexibility index (Phi) is 4.50. The Labute approximate surface area is 83.2 Å². The highest BCUT2D eigenvalue weighted by atomic mass is 35.5. The molecule has 0 unspecified atom stereocenters. The number of ether oxygens (including phenoxy) is 1. The monoisotopic (exact) mass is 197 g/mol. The maximum absolute atomic E-state index is 5.63. The molecule has 0 radical (unpaired) electrons. The molecule has 2 nitrogen and oxygen atoms in total. The van der Waals surface area contributed by atoms with Gasteiger partial charge < -0.3 is 4.74 Å². The zero-order valence-electron chi connectivity index (χ0n) is 7.53. The predicted molar refractivity (Wildman–Crippen MR) is 53.7 cm³/mol. The van der Waals surface area contributed by atoms with E-state index in [0.717, 1.165) is 5.56 Å². The van der Waals surface area contributed by atoms with Gasteiger partial charge in [0.15, 0.2) is 0 Å². The Morgan fingerprint density at radius 3 is 3.00 bits per heavy atom. The van der Waals surface area contributed by atoms with Crippen LogP contribution in [0.1, 0.15) is 12.5 Å². The Morgan fingerprint density at radius 1 is 1.54 bits per heavy atom. The third-order valence-corrected chi connectivity index (χ3v) is 1.73. The molecular formula is C10H12ClNO. The molecule has 0 spiro atoms. The topological polar surface area (TPSA) is 22.1 Å². The van der Waals surface area contributed by atoms with Gasteiger partial charge in [-0.05, 0) is 18.6 Å². The molecule has 0 saturated carbocycles. The second-order valence-corrected chi connectivity index (χ2v) is 2.96. The molecule has 1 aromatic heterocycles. The molecule has 1 aromatic rings. The average molecular weight is 198 g/mol. The van der Waals surface area contributed by atoms with Crippen molar-refractivity contribution >= 4 is 11.6 Å². The highest BCUT2D eigenvalue weighted by Gasteiger charge is 1.92. The van der Waals surface area contributed by atoms with Gasteiger partial charge in [0.05, 0.1) is 13.2 Å². The van der Waals surface area contributed by atoms with Crippen molar-refractivity contribution in [3.63, 3.8) is 0 Å². The summed E-state index contributed by atoms with van der Waals surface area (Å²) in [6.07, 6.45) is 5.64. The summed E-state index contributed by atoms with van der Waals surface area (Å²) in [4.78, 5) is 3.95. The van der Waals surface area contributed by atoms with Gasteiger partial charge >= 0.3 is 0 Å². The molecule has 0 N–H and O–H groups in total. The van der Waals surface area contributed by atoms with Crippen molar-refractivity contribution in [2.75, 3.05) is 6.61 Å². The number of nitrogens with zero attached hydrogens (tertiary/aromatic N) is 1. The van der Waals surface area contributed by atoms with Crippen LogP contribution < -0.4 is 0 Å². The van der Waals surface area contributed by atoms with E-state index in [2.05, 4.69) is 4.98 Å². The van der Waals surface area contributed by atoms with Crippen molar-refractivity contribution in [1.82, 2.24) is 4.98 Å². The standard InChI is InChI=1S/C10H12ClNO/c1-2-3-6-13-8-9-4-5-10(11)12-7-9/h2-5,7H,6,8H2,1H3. The third-order valence-electron chi connectivity index (χ3n) is 1.51. The van der Waals surface area contributed by atoms with Crippen molar-refractivity contribution in [1.29, 1.82) is 0 Å². The van der Waals surface area contributed by atoms with Gasteiger partial charge in [0, 0.05) is 6.20 Å². The summed E-state index contributed by atoms with van der Waals surface area (Å²) < 4.78 is 5.33. The first-order valence-corrected chi connectivity index (χ1v) is 4.50. The van der Waals surface area contributed by atoms with Crippen molar-refractivity contribution in [3.8, 4) is 0 Å². The van der Waals surface area contributed by atoms with Crippen molar-refractivity contribution in [3.05, 3.63) is 41.2 Å². The van der Waals surface area contributed by atoms with Gasteiger partial charge in [0.1, 0.15) is 5.15 Å². The molecule has 0 aromatic carbocycles. The fourth-order valence-corrected chi connectivity index (χ4v) is 0.945. The highest BCUT2D eigenvalue weighted by molar-refractivity contribution is 6.29. The minimum atomic E-state index is 0.511. The molecule has 0 amide bonds. The Morgan fingerprint density at radius 2 is 2.38 bits per heavy atom. The second kappa shape index (κ2) is 5.73.